The number of ether oxygens (including phenoxy) is 1. The van der Waals surface area contributed by atoms with Gasteiger partial charge in [0.2, 0.25) is 5.82 Å². The summed E-state index contributed by atoms with van der Waals surface area (Å²) in [6, 6.07) is 12.4. The Balaban J connectivity index is 1.87. The van der Waals surface area contributed by atoms with Crippen molar-refractivity contribution in [1.29, 1.82) is 0 Å². The number of piperazine rings is 1. The molecule has 1 heterocycles. The molecule has 0 radical (unpaired) electrons. The predicted molar refractivity (Wildman–Crippen MR) is 113 cm³/mol. The maximum Gasteiger partial charge on any atom is 0.200 e. The third-order valence-electron chi connectivity index (χ3n) is 5.89. The van der Waals surface area contributed by atoms with Crippen molar-refractivity contribution in [3.63, 3.8) is 0 Å². The van der Waals surface area contributed by atoms with E-state index in [1.807, 2.05) is 0 Å². The van der Waals surface area contributed by atoms with Crippen molar-refractivity contribution in [2.24, 2.45) is 0 Å². The fourth-order valence-electron chi connectivity index (χ4n) is 4.32. The monoisotopic (exact) mass is 402 g/mol. The number of methoxy groups -OCH3 is 1. The molecule has 0 aromatic heterocycles. The SMILES string of the molecule is COc1ccc(CN2CCN(C(C)C)C(c3ccccc3C(C)C)C2)c(F)c1F. The lowest BCUT2D eigenvalue weighted by Gasteiger charge is -2.44. The van der Waals surface area contributed by atoms with Crippen LogP contribution in [-0.2, 0) is 6.54 Å². The van der Waals surface area contributed by atoms with E-state index in [9.17, 15) is 8.78 Å². The molecule has 0 spiro atoms. The number of hydrogen-bond acceptors (Lipinski definition) is 3. The van der Waals surface area contributed by atoms with Gasteiger partial charge in [-0.05, 0) is 37.0 Å². The topological polar surface area (TPSA) is 15.7 Å². The Bertz CT molecular complexity index is 838. The maximum absolute atomic E-state index is 14.5. The lowest BCUT2D eigenvalue weighted by atomic mass is 9.90. The van der Waals surface area contributed by atoms with Crippen LogP contribution in [0.15, 0.2) is 36.4 Å². The van der Waals surface area contributed by atoms with Gasteiger partial charge >= 0.3 is 0 Å². The summed E-state index contributed by atoms with van der Waals surface area (Å²) in [6.07, 6.45) is 0. The molecule has 3 nitrogen and oxygen atoms in total. The fourth-order valence-corrected chi connectivity index (χ4v) is 4.32. The van der Waals surface area contributed by atoms with Crippen LogP contribution in [0, 0.1) is 11.6 Å². The molecule has 0 aliphatic carbocycles. The van der Waals surface area contributed by atoms with Gasteiger partial charge in [-0.3, -0.25) is 9.80 Å². The Kier molecular flexibility index (Phi) is 6.91. The number of halogens is 2. The Labute approximate surface area is 173 Å². The largest absolute Gasteiger partial charge is 0.494 e. The molecule has 1 fully saturated rings. The van der Waals surface area contributed by atoms with E-state index >= 15 is 0 Å². The van der Waals surface area contributed by atoms with Crippen molar-refractivity contribution in [3.8, 4) is 5.75 Å². The Hall–Kier alpha value is -1.98. The number of rotatable bonds is 6. The summed E-state index contributed by atoms with van der Waals surface area (Å²) >= 11 is 0. The molecule has 3 rings (SSSR count). The normalized spacial score (nSPS) is 18.6. The van der Waals surface area contributed by atoms with E-state index < -0.39 is 11.6 Å². The van der Waals surface area contributed by atoms with Gasteiger partial charge in [0.15, 0.2) is 11.6 Å². The lowest BCUT2D eigenvalue weighted by molar-refractivity contribution is 0.0457. The molecule has 1 unspecified atom stereocenters. The average molecular weight is 403 g/mol. The zero-order chi connectivity index (χ0) is 21.1. The minimum absolute atomic E-state index is 0.0559. The van der Waals surface area contributed by atoms with Gasteiger partial charge in [-0.25, -0.2) is 4.39 Å². The summed E-state index contributed by atoms with van der Waals surface area (Å²) in [5, 5.41) is 0. The minimum Gasteiger partial charge on any atom is -0.494 e. The molecule has 0 saturated carbocycles. The summed E-state index contributed by atoms with van der Waals surface area (Å²) in [5.74, 6) is -1.34. The van der Waals surface area contributed by atoms with Crippen LogP contribution in [-0.4, -0.2) is 42.6 Å². The van der Waals surface area contributed by atoms with Gasteiger partial charge in [-0.15, -0.1) is 0 Å². The highest BCUT2D eigenvalue weighted by Crippen LogP contribution is 2.33. The first-order valence-corrected chi connectivity index (χ1v) is 10.4. The highest BCUT2D eigenvalue weighted by Gasteiger charge is 2.32. The molecule has 2 aromatic rings. The van der Waals surface area contributed by atoms with Gasteiger partial charge in [0.05, 0.1) is 7.11 Å². The highest BCUT2D eigenvalue weighted by molar-refractivity contribution is 5.34. The van der Waals surface area contributed by atoms with Gasteiger partial charge in [0.1, 0.15) is 0 Å². The molecule has 1 aliphatic heterocycles. The second kappa shape index (κ2) is 9.23. The van der Waals surface area contributed by atoms with E-state index in [1.54, 1.807) is 6.07 Å². The molecule has 2 aromatic carbocycles. The molecule has 1 aliphatic rings. The molecule has 0 bridgehead atoms. The van der Waals surface area contributed by atoms with Crippen molar-refractivity contribution in [1.82, 2.24) is 9.80 Å². The van der Waals surface area contributed by atoms with Crippen molar-refractivity contribution < 1.29 is 13.5 Å². The third kappa shape index (κ3) is 4.62. The van der Waals surface area contributed by atoms with Crippen molar-refractivity contribution in [3.05, 3.63) is 64.7 Å². The number of benzene rings is 2. The third-order valence-corrected chi connectivity index (χ3v) is 5.89. The quantitative estimate of drug-likeness (QED) is 0.647. The Morgan fingerprint density at radius 3 is 2.38 bits per heavy atom. The van der Waals surface area contributed by atoms with Crippen LogP contribution >= 0.6 is 0 Å². The van der Waals surface area contributed by atoms with Crippen LogP contribution in [0.2, 0.25) is 0 Å². The zero-order valence-electron chi connectivity index (χ0n) is 18.1. The van der Waals surface area contributed by atoms with Gasteiger partial charge in [0, 0.05) is 43.8 Å². The molecule has 158 valence electrons. The number of nitrogens with zero attached hydrogens (tertiary/aromatic N) is 2. The van der Waals surface area contributed by atoms with Gasteiger partial charge < -0.3 is 4.74 Å². The zero-order valence-corrected chi connectivity index (χ0v) is 18.1. The molecule has 0 amide bonds. The van der Waals surface area contributed by atoms with Crippen LogP contribution in [0.5, 0.6) is 5.75 Å². The lowest BCUT2D eigenvalue weighted by Crippen LogP contribution is -2.50. The Morgan fingerprint density at radius 1 is 1.00 bits per heavy atom. The maximum atomic E-state index is 14.5. The smallest absolute Gasteiger partial charge is 0.200 e. The summed E-state index contributed by atoms with van der Waals surface area (Å²) < 4.78 is 33.5. The van der Waals surface area contributed by atoms with E-state index in [2.05, 4.69) is 61.8 Å². The van der Waals surface area contributed by atoms with Crippen LogP contribution in [0.4, 0.5) is 8.78 Å². The second-order valence-corrected chi connectivity index (χ2v) is 8.42. The van der Waals surface area contributed by atoms with Crippen LogP contribution in [0.3, 0.4) is 0 Å². The molecular weight excluding hydrogens is 370 g/mol. The fraction of sp³-hybridized carbons (Fsp3) is 0.500. The van der Waals surface area contributed by atoms with Crippen LogP contribution in [0.1, 0.15) is 56.3 Å². The summed E-state index contributed by atoms with van der Waals surface area (Å²) in [7, 11) is 1.35. The highest BCUT2D eigenvalue weighted by atomic mass is 19.2. The van der Waals surface area contributed by atoms with Gasteiger partial charge in [-0.2, -0.15) is 4.39 Å². The first-order chi connectivity index (χ1) is 13.8. The van der Waals surface area contributed by atoms with E-state index in [1.165, 1.54) is 24.3 Å². The number of hydrogen-bond donors (Lipinski definition) is 0. The van der Waals surface area contributed by atoms with E-state index in [0.717, 1.165) is 19.6 Å². The second-order valence-electron chi connectivity index (χ2n) is 8.42. The molecule has 0 N–H and O–H groups in total. The van der Waals surface area contributed by atoms with Crippen LogP contribution < -0.4 is 4.74 Å². The van der Waals surface area contributed by atoms with Crippen molar-refractivity contribution in [2.75, 3.05) is 26.7 Å². The van der Waals surface area contributed by atoms with Gasteiger partial charge in [-0.1, -0.05) is 44.2 Å². The summed E-state index contributed by atoms with van der Waals surface area (Å²) in [5.41, 5.74) is 3.06. The van der Waals surface area contributed by atoms with Crippen molar-refractivity contribution in [2.45, 2.75) is 52.2 Å². The van der Waals surface area contributed by atoms with Gasteiger partial charge in [0.25, 0.3) is 0 Å². The van der Waals surface area contributed by atoms with E-state index in [4.69, 9.17) is 4.74 Å². The predicted octanol–water partition coefficient (Wildman–Crippen LogP) is 5.36. The minimum atomic E-state index is -0.910. The van der Waals surface area contributed by atoms with Crippen LogP contribution in [0.25, 0.3) is 0 Å². The average Bonchev–Trinajstić information content (AvgIpc) is 2.71. The molecule has 5 heteroatoms. The van der Waals surface area contributed by atoms with Crippen molar-refractivity contribution >= 4 is 0 Å². The summed E-state index contributed by atoms with van der Waals surface area (Å²) in [6.45, 7) is 11.8. The summed E-state index contributed by atoms with van der Waals surface area (Å²) in [4.78, 5) is 4.74. The molecule has 1 saturated heterocycles. The first-order valence-electron chi connectivity index (χ1n) is 10.4. The standard InChI is InChI=1S/C24H32F2N2O/c1-16(2)19-8-6-7-9-20(19)21-15-27(12-13-28(21)17(3)4)14-18-10-11-22(29-5)24(26)23(18)25/h6-11,16-17,21H,12-15H2,1-5H3. The molecule has 29 heavy (non-hydrogen) atoms. The molecule has 1 atom stereocenters. The van der Waals surface area contributed by atoms with E-state index in [-0.39, 0.29) is 11.8 Å². The first kappa shape index (κ1) is 21.7. The Morgan fingerprint density at radius 2 is 1.72 bits per heavy atom. The van der Waals surface area contributed by atoms with E-state index in [0.29, 0.717) is 24.1 Å². The molecular formula is C24H32F2N2O.